The summed E-state index contributed by atoms with van der Waals surface area (Å²) >= 11 is 1.70. The van der Waals surface area contributed by atoms with E-state index in [0.717, 1.165) is 28.5 Å². The zero-order chi connectivity index (χ0) is 16.9. The topological polar surface area (TPSA) is 69.6 Å². The molecule has 0 fully saturated rings. The predicted molar refractivity (Wildman–Crippen MR) is 96.1 cm³/mol. The molecule has 0 spiro atoms. The van der Waals surface area contributed by atoms with Crippen molar-refractivity contribution in [3.8, 4) is 17.1 Å². The third kappa shape index (κ3) is 3.61. The van der Waals surface area contributed by atoms with Crippen LogP contribution < -0.4 is 0 Å². The van der Waals surface area contributed by atoms with E-state index in [-0.39, 0.29) is 0 Å². The summed E-state index contributed by atoms with van der Waals surface area (Å²) in [4.78, 5) is 4.53. The standard InChI is InChI=1S/C18H15N5OS/c1-3-7-14(8-4-1)18-19-15(11-24-18)12-25-13-17-20-21-22-23(17)16-9-5-2-6-10-16/h1-11H,12-13H2. The van der Waals surface area contributed by atoms with Crippen LogP contribution in [-0.2, 0) is 11.5 Å². The van der Waals surface area contributed by atoms with Crippen LogP contribution >= 0.6 is 11.8 Å². The summed E-state index contributed by atoms with van der Waals surface area (Å²) in [7, 11) is 0. The van der Waals surface area contributed by atoms with E-state index < -0.39 is 0 Å². The van der Waals surface area contributed by atoms with Gasteiger partial charge in [-0.3, -0.25) is 0 Å². The van der Waals surface area contributed by atoms with Crippen LogP contribution in [0.5, 0.6) is 0 Å². The van der Waals surface area contributed by atoms with Gasteiger partial charge >= 0.3 is 0 Å². The predicted octanol–water partition coefficient (Wildman–Crippen LogP) is 3.75. The Kier molecular flexibility index (Phi) is 4.56. The fourth-order valence-electron chi connectivity index (χ4n) is 2.40. The minimum Gasteiger partial charge on any atom is -0.444 e. The second-order valence-corrected chi connectivity index (χ2v) is 6.33. The molecule has 4 aromatic rings. The molecule has 124 valence electrons. The van der Waals surface area contributed by atoms with Gasteiger partial charge in [-0.25, -0.2) is 4.98 Å². The maximum atomic E-state index is 5.56. The summed E-state index contributed by atoms with van der Waals surface area (Å²) in [5.41, 5.74) is 2.84. The SMILES string of the molecule is c1ccc(-c2nc(CSCc3nnnn3-c3ccccc3)co2)cc1. The van der Waals surface area contributed by atoms with Crippen molar-refractivity contribution in [1.29, 1.82) is 0 Å². The van der Waals surface area contributed by atoms with Crippen molar-refractivity contribution in [3.05, 3.63) is 78.4 Å². The Morgan fingerprint density at radius 2 is 1.68 bits per heavy atom. The molecule has 0 bridgehead atoms. The summed E-state index contributed by atoms with van der Waals surface area (Å²) in [6.07, 6.45) is 1.70. The van der Waals surface area contributed by atoms with Gasteiger partial charge in [-0.2, -0.15) is 4.68 Å². The van der Waals surface area contributed by atoms with Gasteiger partial charge in [0.1, 0.15) is 6.26 Å². The van der Waals surface area contributed by atoms with Gasteiger partial charge in [0, 0.05) is 11.3 Å². The number of para-hydroxylation sites is 1. The van der Waals surface area contributed by atoms with Crippen LogP contribution in [0, 0.1) is 0 Å². The van der Waals surface area contributed by atoms with E-state index in [1.54, 1.807) is 22.7 Å². The number of aromatic nitrogens is 5. The van der Waals surface area contributed by atoms with Crippen LogP contribution in [0.2, 0.25) is 0 Å². The quantitative estimate of drug-likeness (QED) is 0.528. The Balaban J connectivity index is 1.39. The first-order chi connectivity index (χ1) is 12.4. The Morgan fingerprint density at radius 3 is 2.48 bits per heavy atom. The minimum atomic E-state index is 0.644. The van der Waals surface area contributed by atoms with E-state index in [4.69, 9.17) is 4.42 Å². The van der Waals surface area contributed by atoms with Crippen molar-refractivity contribution < 1.29 is 4.42 Å². The molecule has 4 rings (SSSR count). The lowest BCUT2D eigenvalue weighted by molar-refractivity contribution is 0.573. The van der Waals surface area contributed by atoms with Crippen molar-refractivity contribution in [3.63, 3.8) is 0 Å². The van der Waals surface area contributed by atoms with E-state index >= 15 is 0 Å². The first-order valence-electron chi connectivity index (χ1n) is 7.80. The zero-order valence-electron chi connectivity index (χ0n) is 13.3. The normalized spacial score (nSPS) is 10.9. The second-order valence-electron chi connectivity index (χ2n) is 5.35. The number of tetrazole rings is 1. The number of hydrogen-bond acceptors (Lipinski definition) is 6. The molecule has 0 aliphatic carbocycles. The summed E-state index contributed by atoms with van der Waals surface area (Å²) in [5.74, 6) is 2.88. The Morgan fingerprint density at radius 1 is 0.920 bits per heavy atom. The van der Waals surface area contributed by atoms with Crippen LogP contribution in [0.3, 0.4) is 0 Å². The molecular weight excluding hydrogens is 334 g/mol. The van der Waals surface area contributed by atoms with Gasteiger partial charge in [0.05, 0.1) is 17.1 Å². The minimum absolute atomic E-state index is 0.644. The highest BCUT2D eigenvalue weighted by Crippen LogP contribution is 2.22. The lowest BCUT2D eigenvalue weighted by Gasteiger charge is -2.03. The molecule has 0 saturated carbocycles. The third-order valence-corrected chi connectivity index (χ3v) is 4.55. The third-order valence-electron chi connectivity index (χ3n) is 3.59. The second kappa shape index (κ2) is 7.31. The molecule has 0 atom stereocenters. The maximum Gasteiger partial charge on any atom is 0.226 e. The lowest BCUT2D eigenvalue weighted by atomic mass is 10.2. The molecular formula is C18H15N5OS. The van der Waals surface area contributed by atoms with Crippen molar-refractivity contribution >= 4 is 11.8 Å². The molecule has 7 heteroatoms. The molecule has 2 heterocycles. The number of nitrogens with zero attached hydrogens (tertiary/aromatic N) is 5. The van der Waals surface area contributed by atoms with Crippen molar-refractivity contribution in [2.75, 3.05) is 0 Å². The Hall–Kier alpha value is -2.93. The molecule has 6 nitrogen and oxygen atoms in total. The summed E-state index contributed by atoms with van der Waals surface area (Å²) in [5, 5.41) is 12.0. The van der Waals surface area contributed by atoms with Gasteiger partial charge in [-0.1, -0.05) is 36.4 Å². The fourth-order valence-corrected chi connectivity index (χ4v) is 3.21. The summed E-state index contributed by atoms with van der Waals surface area (Å²) in [6, 6.07) is 19.7. The van der Waals surface area contributed by atoms with E-state index in [9.17, 15) is 0 Å². The molecule has 25 heavy (non-hydrogen) atoms. The first-order valence-corrected chi connectivity index (χ1v) is 8.96. The van der Waals surface area contributed by atoms with Crippen molar-refractivity contribution in [2.45, 2.75) is 11.5 Å². The molecule has 2 aromatic carbocycles. The van der Waals surface area contributed by atoms with Crippen molar-refractivity contribution in [1.82, 2.24) is 25.2 Å². The number of oxazole rings is 1. The van der Waals surface area contributed by atoms with Gasteiger partial charge in [0.25, 0.3) is 0 Å². The molecule has 0 unspecified atom stereocenters. The average Bonchev–Trinajstić information content (AvgIpc) is 3.33. The monoisotopic (exact) mass is 349 g/mol. The number of benzene rings is 2. The highest BCUT2D eigenvalue weighted by Gasteiger charge is 2.10. The number of hydrogen-bond donors (Lipinski definition) is 0. The Labute approximate surface area is 148 Å². The van der Waals surface area contributed by atoms with Crippen LogP contribution in [0.1, 0.15) is 11.5 Å². The largest absolute Gasteiger partial charge is 0.444 e. The smallest absolute Gasteiger partial charge is 0.226 e. The lowest BCUT2D eigenvalue weighted by Crippen LogP contribution is -2.02. The summed E-state index contributed by atoms with van der Waals surface area (Å²) in [6.45, 7) is 0. The number of rotatable bonds is 6. The molecule has 2 aromatic heterocycles. The molecule has 0 radical (unpaired) electrons. The highest BCUT2D eigenvalue weighted by molar-refractivity contribution is 7.97. The van der Waals surface area contributed by atoms with Crippen LogP contribution in [0.4, 0.5) is 0 Å². The number of thioether (sulfide) groups is 1. The first kappa shape index (κ1) is 15.6. The highest BCUT2D eigenvalue weighted by atomic mass is 32.2. The zero-order valence-corrected chi connectivity index (χ0v) is 14.1. The van der Waals surface area contributed by atoms with Gasteiger partial charge in [-0.05, 0) is 34.7 Å². The van der Waals surface area contributed by atoms with Crippen LogP contribution in [0.15, 0.2) is 71.3 Å². The fraction of sp³-hybridized carbons (Fsp3) is 0.111. The Bertz CT molecular complexity index is 936. The summed E-state index contributed by atoms with van der Waals surface area (Å²) < 4.78 is 7.32. The van der Waals surface area contributed by atoms with Crippen LogP contribution in [-0.4, -0.2) is 25.2 Å². The molecule has 0 aliphatic heterocycles. The average molecular weight is 349 g/mol. The van der Waals surface area contributed by atoms with Gasteiger partial charge in [-0.15, -0.1) is 16.9 Å². The van der Waals surface area contributed by atoms with Gasteiger partial charge in [0.2, 0.25) is 5.89 Å². The van der Waals surface area contributed by atoms with E-state index in [2.05, 4.69) is 20.5 Å². The van der Waals surface area contributed by atoms with Crippen molar-refractivity contribution in [2.24, 2.45) is 0 Å². The molecule has 0 saturated heterocycles. The molecule has 0 N–H and O–H groups in total. The molecule has 0 amide bonds. The van der Waals surface area contributed by atoms with Gasteiger partial charge in [0.15, 0.2) is 5.82 Å². The van der Waals surface area contributed by atoms with E-state index in [0.29, 0.717) is 11.6 Å². The van der Waals surface area contributed by atoms with Crippen LogP contribution in [0.25, 0.3) is 17.1 Å². The van der Waals surface area contributed by atoms with E-state index in [1.807, 2.05) is 60.7 Å². The van der Waals surface area contributed by atoms with Gasteiger partial charge < -0.3 is 4.42 Å². The maximum absolute atomic E-state index is 5.56. The van der Waals surface area contributed by atoms with E-state index in [1.165, 1.54) is 0 Å². The molecule has 0 aliphatic rings.